The predicted octanol–water partition coefficient (Wildman–Crippen LogP) is 1.28. The van der Waals surface area contributed by atoms with E-state index in [0.29, 0.717) is 0 Å². The smallest absolute Gasteiger partial charge is 0.225 e. The molecule has 1 radical (unpaired) electrons. The SMILES string of the molecule is [CH]1CCN(c2ncccn2)CC1. The van der Waals surface area contributed by atoms with Crippen molar-refractivity contribution in [1.82, 2.24) is 9.97 Å². The van der Waals surface area contributed by atoms with Gasteiger partial charge in [0.1, 0.15) is 0 Å². The molecule has 0 unspecified atom stereocenters. The zero-order valence-electron chi connectivity index (χ0n) is 6.98. The fourth-order valence-corrected chi connectivity index (χ4v) is 1.40. The number of rotatable bonds is 1. The van der Waals surface area contributed by atoms with Crippen LogP contribution < -0.4 is 4.90 Å². The Morgan fingerprint density at radius 1 is 1.08 bits per heavy atom. The molecule has 0 bridgehead atoms. The molecule has 0 amide bonds. The second-order valence-corrected chi connectivity index (χ2v) is 2.90. The van der Waals surface area contributed by atoms with Crippen LogP contribution in [0.2, 0.25) is 0 Å². The Balaban J connectivity index is 2.08. The summed E-state index contributed by atoms with van der Waals surface area (Å²) in [5.41, 5.74) is 0. The van der Waals surface area contributed by atoms with E-state index in [-0.39, 0.29) is 0 Å². The molecular formula is C9H12N3. The highest BCUT2D eigenvalue weighted by Crippen LogP contribution is 2.12. The number of piperidine rings is 1. The average Bonchev–Trinajstić information content (AvgIpc) is 2.21. The van der Waals surface area contributed by atoms with Gasteiger partial charge in [-0.15, -0.1) is 0 Å². The van der Waals surface area contributed by atoms with Crippen LogP contribution in [0, 0.1) is 6.42 Å². The molecule has 2 rings (SSSR count). The van der Waals surface area contributed by atoms with E-state index in [9.17, 15) is 0 Å². The van der Waals surface area contributed by atoms with Crippen LogP contribution in [0.15, 0.2) is 18.5 Å². The van der Waals surface area contributed by atoms with Crippen LogP contribution in [0.3, 0.4) is 0 Å². The Labute approximate surface area is 72.4 Å². The summed E-state index contributed by atoms with van der Waals surface area (Å²) in [7, 11) is 0. The first-order valence-electron chi connectivity index (χ1n) is 4.30. The van der Waals surface area contributed by atoms with Crippen molar-refractivity contribution in [2.45, 2.75) is 12.8 Å². The standard InChI is InChI=1S/C9H12N3/c1-2-7-12(8-3-1)9-10-5-4-6-11-9/h1,4-6H,2-3,7-8H2. The van der Waals surface area contributed by atoms with Gasteiger partial charge in [-0.1, -0.05) is 0 Å². The highest BCUT2D eigenvalue weighted by molar-refractivity contribution is 5.29. The maximum absolute atomic E-state index is 4.20. The molecule has 1 aliphatic heterocycles. The molecule has 0 atom stereocenters. The molecule has 63 valence electrons. The highest BCUT2D eigenvalue weighted by atomic mass is 15.2. The molecule has 1 aromatic rings. The Bertz CT molecular complexity index is 229. The largest absolute Gasteiger partial charge is 0.341 e. The molecule has 2 heterocycles. The summed E-state index contributed by atoms with van der Waals surface area (Å²) >= 11 is 0. The van der Waals surface area contributed by atoms with Crippen molar-refractivity contribution < 1.29 is 0 Å². The number of hydrogen-bond acceptors (Lipinski definition) is 3. The molecule has 0 N–H and O–H groups in total. The Morgan fingerprint density at radius 2 is 1.75 bits per heavy atom. The second kappa shape index (κ2) is 3.52. The third-order valence-corrected chi connectivity index (χ3v) is 2.04. The molecule has 1 fully saturated rings. The zero-order chi connectivity index (χ0) is 8.23. The van der Waals surface area contributed by atoms with Gasteiger partial charge in [-0.25, -0.2) is 9.97 Å². The van der Waals surface area contributed by atoms with Crippen LogP contribution in [0.4, 0.5) is 5.95 Å². The summed E-state index contributed by atoms with van der Waals surface area (Å²) in [5, 5.41) is 0. The van der Waals surface area contributed by atoms with Crippen LogP contribution in [-0.2, 0) is 0 Å². The summed E-state index contributed by atoms with van der Waals surface area (Å²) in [6.07, 6.45) is 8.21. The third-order valence-electron chi connectivity index (χ3n) is 2.04. The molecule has 0 spiro atoms. The van der Waals surface area contributed by atoms with Crippen molar-refractivity contribution in [3.8, 4) is 0 Å². The molecule has 1 aromatic heterocycles. The van der Waals surface area contributed by atoms with Crippen LogP contribution in [0.1, 0.15) is 12.8 Å². The van der Waals surface area contributed by atoms with Gasteiger partial charge in [-0.2, -0.15) is 0 Å². The van der Waals surface area contributed by atoms with Crippen molar-refractivity contribution in [2.24, 2.45) is 0 Å². The van der Waals surface area contributed by atoms with Crippen LogP contribution in [0.25, 0.3) is 0 Å². The highest BCUT2D eigenvalue weighted by Gasteiger charge is 2.11. The first-order valence-corrected chi connectivity index (χ1v) is 4.30. The topological polar surface area (TPSA) is 29.0 Å². The summed E-state index contributed by atoms with van der Waals surface area (Å²) in [6, 6.07) is 1.85. The molecule has 3 heteroatoms. The average molecular weight is 162 g/mol. The second-order valence-electron chi connectivity index (χ2n) is 2.90. The first-order chi connectivity index (χ1) is 5.97. The summed E-state index contributed by atoms with van der Waals surface area (Å²) in [5.74, 6) is 0.866. The monoisotopic (exact) mass is 162 g/mol. The van der Waals surface area contributed by atoms with Crippen molar-refractivity contribution in [3.05, 3.63) is 24.9 Å². The van der Waals surface area contributed by atoms with E-state index in [1.807, 2.05) is 6.07 Å². The lowest BCUT2D eigenvalue weighted by Gasteiger charge is -2.25. The predicted molar refractivity (Wildman–Crippen MR) is 47.8 cm³/mol. The lowest BCUT2D eigenvalue weighted by molar-refractivity contribution is 0.662. The van der Waals surface area contributed by atoms with E-state index in [2.05, 4.69) is 21.3 Å². The van der Waals surface area contributed by atoms with Gasteiger partial charge in [0.05, 0.1) is 0 Å². The van der Waals surface area contributed by atoms with Crippen LogP contribution in [-0.4, -0.2) is 23.1 Å². The Hall–Kier alpha value is -1.12. The molecule has 12 heavy (non-hydrogen) atoms. The zero-order valence-corrected chi connectivity index (χ0v) is 6.98. The number of anilines is 1. The van der Waals surface area contributed by atoms with Gasteiger partial charge in [0.2, 0.25) is 5.95 Å². The lowest BCUT2D eigenvalue weighted by Crippen LogP contribution is -2.31. The van der Waals surface area contributed by atoms with Crippen molar-refractivity contribution in [2.75, 3.05) is 18.0 Å². The van der Waals surface area contributed by atoms with Crippen molar-refractivity contribution in [1.29, 1.82) is 0 Å². The van der Waals surface area contributed by atoms with Gasteiger partial charge in [0.15, 0.2) is 0 Å². The van der Waals surface area contributed by atoms with Crippen molar-refractivity contribution in [3.63, 3.8) is 0 Å². The summed E-state index contributed by atoms with van der Waals surface area (Å²) in [4.78, 5) is 10.6. The normalized spacial score (nSPS) is 17.8. The maximum Gasteiger partial charge on any atom is 0.225 e. The minimum absolute atomic E-state index is 0.866. The maximum atomic E-state index is 4.20. The van der Waals surface area contributed by atoms with Crippen LogP contribution in [0.5, 0.6) is 0 Å². The fraction of sp³-hybridized carbons (Fsp3) is 0.444. The van der Waals surface area contributed by atoms with Gasteiger partial charge in [0, 0.05) is 25.5 Å². The van der Waals surface area contributed by atoms with Gasteiger partial charge in [0.25, 0.3) is 0 Å². The van der Waals surface area contributed by atoms with Gasteiger partial charge in [-0.05, 0) is 25.3 Å². The van der Waals surface area contributed by atoms with Crippen LogP contribution >= 0.6 is 0 Å². The Morgan fingerprint density at radius 3 is 2.42 bits per heavy atom. The fourth-order valence-electron chi connectivity index (χ4n) is 1.40. The van der Waals surface area contributed by atoms with E-state index in [0.717, 1.165) is 31.9 Å². The molecular weight excluding hydrogens is 150 g/mol. The molecule has 1 saturated heterocycles. The summed E-state index contributed by atoms with van der Waals surface area (Å²) < 4.78 is 0. The minimum atomic E-state index is 0.866. The van der Waals surface area contributed by atoms with E-state index < -0.39 is 0 Å². The van der Waals surface area contributed by atoms with E-state index in [1.165, 1.54) is 0 Å². The van der Waals surface area contributed by atoms with E-state index in [4.69, 9.17) is 0 Å². The summed E-state index contributed by atoms with van der Waals surface area (Å²) in [6.45, 7) is 2.12. The Kier molecular flexibility index (Phi) is 2.21. The van der Waals surface area contributed by atoms with Gasteiger partial charge >= 0.3 is 0 Å². The van der Waals surface area contributed by atoms with E-state index >= 15 is 0 Å². The first kappa shape index (κ1) is 7.53. The molecule has 3 nitrogen and oxygen atoms in total. The lowest BCUT2D eigenvalue weighted by atomic mass is 10.1. The molecule has 0 aromatic carbocycles. The molecule has 0 aliphatic carbocycles. The number of nitrogens with zero attached hydrogens (tertiary/aromatic N) is 3. The van der Waals surface area contributed by atoms with Gasteiger partial charge < -0.3 is 4.90 Å². The number of hydrogen-bond donors (Lipinski definition) is 0. The van der Waals surface area contributed by atoms with E-state index in [1.54, 1.807) is 12.4 Å². The number of aromatic nitrogens is 2. The van der Waals surface area contributed by atoms with Crippen molar-refractivity contribution >= 4 is 5.95 Å². The molecule has 0 saturated carbocycles. The van der Waals surface area contributed by atoms with Gasteiger partial charge in [-0.3, -0.25) is 0 Å². The third kappa shape index (κ3) is 1.55. The molecule has 1 aliphatic rings. The minimum Gasteiger partial charge on any atom is -0.341 e. The quantitative estimate of drug-likeness (QED) is 0.623.